The molecule has 3 heterocycles. The van der Waals surface area contributed by atoms with Gasteiger partial charge in [-0.2, -0.15) is 0 Å². The number of nitrogens with one attached hydrogen (secondary N) is 2. The molecular formula is C32H29ClN4. The van der Waals surface area contributed by atoms with E-state index < -0.39 is 0 Å². The fourth-order valence-corrected chi connectivity index (χ4v) is 7.69. The minimum atomic E-state index is 0.484. The Labute approximate surface area is 221 Å². The predicted octanol–water partition coefficient (Wildman–Crippen LogP) is 7.44. The van der Waals surface area contributed by atoms with Gasteiger partial charge in [-0.25, -0.2) is 4.98 Å². The zero-order valence-electron chi connectivity index (χ0n) is 20.7. The quantitative estimate of drug-likeness (QED) is 0.303. The molecule has 2 aliphatic heterocycles. The van der Waals surface area contributed by atoms with Gasteiger partial charge in [-0.1, -0.05) is 41.9 Å². The van der Waals surface area contributed by atoms with Gasteiger partial charge < -0.3 is 10.3 Å². The van der Waals surface area contributed by atoms with Crippen LogP contribution in [0.25, 0.3) is 33.2 Å². The molecule has 0 bridgehead atoms. The Bertz CT molecular complexity index is 1610. The van der Waals surface area contributed by atoms with Crippen molar-refractivity contribution in [2.75, 3.05) is 0 Å². The van der Waals surface area contributed by atoms with Crippen molar-refractivity contribution in [3.05, 3.63) is 71.1 Å². The van der Waals surface area contributed by atoms with Crippen LogP contribution < -0.4 is 5.32 Å². The SMILES string of the molecule is Clc1[nH]c(C2C[C@@H]3C[C@@H]3C2)nc1-c1ccc2cc(-c3ccc4c(c3)CC([C@@H]3C[C@H]5C[C@H]5N3)=N4)ccc2c1. The van der Waals surface area contributed by atoms with E-state index in [0.717, 1.165) is 53.0 Å². The molecule has 4 fully saturated rings. The number of halogens is 1. The van der Waals surface area contributed by atoms with Gasteiger partial charge in [0.2, 0.25) is 0 Å². The Hall–Kier alpha value is -2.95. The summed E-state index contributed by atoms with van der Waals surface area (Å²) in [6, 6.07) is 21.3. The van der Waals surface area contributed by atoms with Crippen LogP contribution in [0.3, 0.4) is 0 Å². The first kappa shape index (κ1) is 21.0. The molecule has 5 aliphatic rings. The maximum absolute atomic E-state index is 6.64. The van der Waals surface area contributed by atoms with Crippen molar-refractivity contribution in [1.82, 2.24) is 15.3 Å². The highest BCUT2D eigenvalue weighted by molar-refractivity contribution is 6.32. The number of piperidine rings is 1. The van der Waals surface area contributed by atoms with E-state index in [-0.39, 0.29) is 0 Å². The summed E-state index contributed by atoms with van der Waals surface area (Å²) >= 11 is 6.64. The normalized spacial score (nSPS) is 30.8. The van der Waals surface area contributed by atoms with Crippen LogP contribution in [0, 0.1) is 17.8 Å². The number of fused-ring (bicyclic) bond motifs is 4. The summed E-state index contributed by atoms with van der Waals surface area (Å²) in [6.07, 6.45) is 7.56. The van der Waals surface area contributed by atoms with Crippen LogP contribution in [0.2, 0.25) is 5.15 Å². The molecule has 4 aromatic rings. The van der Waals surface area contributed by atoms with Gasteiger partial charge in [0.05, 0.1) is 5.69 Å². The smallest absolute Gasteiger partial charge is 0.134 e. The van der Waals surface area contributed by atoms with E-state index in [1.54, 1.807) is 0 Å². The van der Waals surface area contributed by atoms with Crippen molar-refractivity contribution in [1.29, 1.82) is 0 Å². The maximum Gasteiger partial charge on any atom is 0.134 e. The largest absolute Gasteiger partial charge is 0.332 e. The highest BCUT2D eigenvalue weighted by Crippen LogP contribution is 2.57. The number of imidazole rings is 1. The molecule has 0 amide bonds. The van der Waals surface area contributed by atoms with Gasteiger partial charge in [-0.05, 0) is 102 Å². The van der Waals surface area contributed by atoms with Crippen LogP contribution in [0.4, 0.5) is 5.69 Å². The third-order valence-electron chi connectivity index (χ3n) is 9.75. The van der Waals surface area contributed by atoms with Gasteiger partial charge >= 0.3 is 0 Å². The number of aliphatic imine (C=N–C) groups is 1. The summed E-state index contributed by atoms with van der Waals surface area (Å²) in [5, 5.41) is 6.87. The molecule has 0 radical (unpaired) electrons. The molecule has 184 valence electrons. The highest BCUT2D eigenvalue weighted by Gasteiger charge is 2.48. The third-order valence-corrected chi connectivity index (χ3v) is 10.0. The molecule has 4 nitrogen and oxygen atoms in total. The van der Waals surface area contributed by atoms with Crippen molar-refractivity contribution in [2.45, 2.75) is 56.5 Å². The molecule has 5 heteroatoms. The second-order valence-corrected chi connectivity index (χ2v) is 12.5. The van der Waals surface area contributed by atoms with E-state index in [9.17, 15) is 0 Å². The Kier molecular flexibility index (Phi) is 4.29. The minimum Gasteiger partial charge on any atom is -0.332 e. The summed E-state index contributed by atoms with van der Waals surface area (Å²) in [4.78, 5) is 13.3. The lowest BCUT2D eigenvalue weighted by atomic mass is 9.96. The number of hydrogen-bond donors (Lipinski definition) is 2. The van der Waals surface area contributed by atoms with Gasteiger partial charge in [0.15, 0.2) is 0 Å². The molecule has 1 saturated heterocycles. The van der Waals surface area contributed by atoms with E-state index in [1.165, 1.54) is 65.3 Å². The first-order valence-electron chi connectivity index (χ1n) is 13.9. The Morgan fingerprint density at radius 2 is 1.51 bits per heavy atom. The lowest BCUT2D eigenvalue weighted by molar-refractivity contribution is 0.596. The molecule has 1 aromatic heterocycles. The van der Waals surface area contributed by atoms with Crippen molar-refractivity contribution >= 4 is 33.8 Å². The summed E-state index contributed by atoms with van der Waals surface area (Å²) in [5.41, 5.74) is 8.30. The zero-order chi connectivity index (χ0) is 24.2. The molecule has 6 atom stereocenters. The molecule has 3 aliphatic carbocycles. The molecule has 9 rings (SSSR count). The number of benzene rings is 3. The van der Waals surface area contributed by atoms with Gasteiger partial charge in [0.1, 0.15) is 16.7 Å². The Morgan fingerprint density at radius 1 is 0.757 bits per heavy atom. The monoisotopic (exact) mass is 504 g/mol. The van der Waals surface area contributed by atoms with Gasteiger partial charge in [0, 0.05) is 35.7 Å². The predicted molar refractivity (Wildman–Crippen MR) is 150 cm³/mol. The van der Waals surface area contributed by atoms with E-state index in [1.807, 2.05) is 0 Å². The summed E-state index contributed by atoms with van der Waals surface area (Å²) in [5.74, 6) is 4.39. The average molecular weight is 505 g/mol. The van der Waals surface area contributed by atoms with Crippen LogP contribution in [0.15, 0.2) is 59.6 Å². The molecule has 0 spiro atoms. The number of rotatable bonds is 4. The lowest BCUT2D eigenvalue weighted by Crippen LogP contribution is -2.33. The maximum atomic E-state index is 6.64. The number of aromatic nitrogens is 2. The van der Waals surface area contributed by atoms with E-state index >= 15 is 0 Å². The van der Waals surface area contributed by atoms with Crippen LogP contribution in [0.1, 0.15) is 49.4 Å². The van der Waals surface area contributed by atoms with Crippen LogP contribution >= 0.6 is 11.6 Å². The molecular weight excluding hydrogens is 476 g/mol. The second-order valence-electron chi connectivity index (χ2n) is 12.2. The van der Waals surface area contributed by atoms with Crippen LogP contribution in [0.5, 0.6) is 0 Å². The Morgan fingerprint density at radius 3 is 2.32 bits per heavy atom. The summed E-state index contributed by atoms with van der Waals surface area (Å²) < 4.78 is 0. The second kappa shape index (κ2) is 7.55. The molecule has 37 heavy (non-hydrogen) atoms. The van der Waals surface area contributed by atoms with Crippen molar-refractivity contribution in [3.63, 3.8) is 0 Å². The number of H-pyrrole nitrogens is 1. The minimum absolute atomic E-state index is 0.484. The highest BCUT2D eigenvalue weighted by atomic mass is 35.5. The summed E-state index contributed by atoms with van der Waals surface area (Å²) in [7, 11) is 0. The average Bonchev–Trinajstić information content (AvgIpc) is 3.52. The van der Waals surface area contributed by atoms with E-state index in [0.29, 0.717) is 17.1 Å². The number of nitrogens with zero attached hydrogens (tertiary/aromatic N) is 2. The van der Waals surface area contributed by atoms with Gasteiger partial charge in [-0.3, -0.25) is 4.99 Å². The van der Waals surface area contributed by atoms with Crippen LogP contribution in [-0.2, 0) is 6.42 Å². The van der Waals surface area contributed by atoms with E-state index in [4.69, 9.17) is 21.6 Å². The molecule has 3 saturated carbocycles. The number of hydrogen-bond acceptors (Lipinski definition) is 3. The molecule has 3 aromatic carbocycles. The zero-order valence-corrected chi connectivity index (χ0v) is 21.4. The van der Waals surface area contributed by atoms with Gasteiger partial charge in [0.25, 0.3) is 0 Å². The van der Waals surface area contributed by atoms with Crippen LogP contribution in [-0.4, -0.2) is 27.8 Å². The fourth-order valence-electron chi connectivity index (χ4n) is 7.44. The summed E-state index contributed by atoms with van der Waals surface area (Å²) in [6.45, 7) is 0. The Balaban J connectivity index is 0.978. The van der Waals surface area contributed by atoms with Crippen molar-refractivity contribution in [2.24, 2.45) is 22.7 Å². The first-order valence-corrected chi connectivity index (χ1v) is 14.3. The van der Waals surface area contributed by atoms with E-state index in [2.05, 4.69) is 64.9 Å². The molecule has 1 unspecified atom stereocenters. The first-order chi connectivity index (χ1) is 18.1. The molecule has 2 N–H and O–H groups in total. The third kappa shape index (κ3) is 3.45. The van der Waals surface area contributed by atoms with Gasteiger partial charge in [-0.15, -0.1) is 0 Å². The lowest BCUT2D eigenvalue weighted by Gasteiger charge is -2.12. The standard InChI is InChI=1S/C32H29ClN4/c33-31-30(36-32(37-31)25-11-21-10-22(21)12-25)20-4-3-17-7-16(1-2-18(17)8-20)19-5-6-26-23(9-19)14-28(34-26)29-15-24-13-27(24)35-29/h1-9,21-22,24-25,27,29,35H,10-15H2,(H,36,37)/t21-,22+,24-,25?,27-,29+/m1/s1. The van der Waals surface area contributed by atoms with Crippen molar-refractivity contribution < 1.29 is 0 Å². The topological polar surface area (TPSA) is 53.1 Å². The van der Waals surface area contributed by atoms with Crippen molar-refractivity contribution in [3.8, 4) is 22.4 Å². The number of aromatic amines is 1. The fraction of sp³-hybridized carbons (Fsp3) is 0.375.